The average molecular weight is 592 g/mol. The number of allylic oxidation sites excluding steroid dienone is 5. The van der Waals surface area contributed by atoms with Crippen molar-refractivity contribution in [2.75, 3.05) is 26.2 Å². The average Bonchev–Trinajstić information content (AvgIpc) is 2.82. The van der Waals surface area contributed by atoms with Crippen molar-refractivity contribution < 1.29 is 16.4 Å². The van der Waals surface area contributed by atoms with Crippen LogP contribution in [0.1, 0.15) is 92.9 Å². The number of hydrogen-bond acceptors (Lipinski definition) is 2. The van der Waals surface area contributed by atoms with Crippen LogP contribution < -0.4 is 5.32 Å². The lowest BCUT2D eigenvalue weighted by molar-refractivity contribution is 0.0120. The van der Waals surface area contributed by atoms with Gasteiger partial charge in [0.15, 0.2) is 0 Å². The lowest BCUT2D eigenvalue weighted by Gasteiger charge is -2.49. The van der Waals surface area contributed by atoms with Gasteiger partial charge in [-0.1, -0.05) is 83.0 Å². The van der Waals surface area contributed by atoms with Gasteiger partial charge in [0, 0.05) is 36.1 Å². The van der Waals surface area contributed by atoms with E-state index < -0.39 is 0 Å². The summed E-state index contributed by atoms with van der Waals surface area (Å²) in [6.45, 7) is 14.4. The highest BCUT2D eigenvalue weighted by Crippen LogP contribution is 2.45. The summed E-state index contributed by atoms with van der Waals surface area (Å²) in [6.07, 6.45) is 20.5. The van der Waals surface area contributed by atoms with E-state index >= 15 is 0 Å². The van der Waals surface area contributed by atoms with E-state index in [2.05, 4.69) is 62.2 Å². The first-order valence-corrected chi connectivity index (χ1v) is 15.3. The number of halogens is 2. The molecule has 0 amide bonds. The number of likely N-dealkylation sites (tertiary alicyclic amines) is 1. The van der Waals surface area contributed by atoms with Crippen LogP contribution in [0, 0.1) is 35.0 Å². The molecule has 0 spiro atoms. The van der Waals surface area contributed by atoms with Gasteiger partial charge in [0.1, 0.15) is 0 Å². The van der Waals surface area contributed by atoms with Crippen LogP contribution in [-0.4, -0.2) is 58.9 Å². The summed E-state index contributed by atoms with van der Waals surface area (Å²) < 4.78 is 0. The summed E-state index contributed by atoms with van der Waals surface area (Å²) in [5.41, 5.74) is 1.94. The minimum Gasteiger partial charge on any atom is -0.412 e. The Morgan fingerprint density at radius 3 is 2.44 bits per heavy atom. The van der Waals surface area contributed by atoms with E-state index in [4.69, 9.17) is 23.2 Å². The Hall–Kier alpha value is -0.400. The molecule has 4 aliphatic rings. The molecule has 0 radical (unpaired) electrons. The van der Waals surface area contributed by atoms with Crippen LogP contribution in [0.4, 0.5) is 0 Å². The van der Waals surface area contributed by atoms with E-state index in [0.717, 1.165) is 42.3 Å². The normalized spacial score (nSPS) is 31.4. The van der Waals surface area contributed by atoms with Crippen LogP contribution in [0.15, 0.2) is 34.9 Å². The molecule has 39 heavy (non-hydrogen) atoms. The third kappa shape index (κ3) is 10.7. The first kappa shape index (κ1) is 38.6. The van der Waals surface area contributed by atoms with Gasteiger partial charge >= 0.3 is 0 Å². The molecular formula is C32H60Cl2N2O3. The smallest absolute Gasteiger partial charge is 0.0338 e. The zero-order valence-electron chi connectivity index (χ0n) is 24.2. The van der Waals surface area contributed by atoms with E-state index in [1.807, 2.05) is 0 Å². The topological polar surface area (TPSA) is 110 Å². The standard InChI is InChI=1S/C31H50Cl2N2.CH4.3H2O/c1-22(2)30(34-19-23-7-5-8-25(17-23)26-9-6-10-28(33)18-26)20-35-16-15-29(31(3,4)21-35)24-11-13-27(32)14-12-24;;;;/h5,7-8,13,22,24-26,28-30,34H,6,9-12,14-21H2,1-4H3;1H4;3*1H2/t24?,25?,26?,28?,29-,30+;;;;/m1..../s1. The summed E-state index contributed by atoms with van der Waals surface area (Å²) in [6, 6.07) is 0.533. The van der Waals surface area contributed by atoms with Gasteiger partial charge in [-0.05, 0) is 92.9 Å². The maximum Gasteiger partial charge on any atom is 0.0338 e. The molecule has 2 fully saturated rings. The number of rotatable bonds is 8. The van der Waals surface area contributed by atoms with Crippen molar-refractivity contribution in [1.82, 2.24) is 10.2 Å². The molecule has 3 aliphatic carbocycles. The maximum atomic E-state index is 6.51. The summed E-state index contributed by atoms with van der Waals surface area (Å²) >= 11 is 12.8. The first-order valence-electron chi connectivity index (χ1n) is 14.5. The van der Waals surface area contributed by atoms with Crippen molar-refractivity contribution in [3.63, 3.8) is 0 Å². The van der Waals surface area contributed by atoms with Crippen LogP contribution in [0.3, 0.4) is 0 Å². The number of alkyl halides is 1. The minimum atomic E-state index is 0. The van der Waals surface area contributed by atoms with Gasteiger partial charge < -0.3 is 26.6 Å². The Balaban J connectivity index is 0.00000361. The highest BCUT2D eigenvalue weighted by Gasteiger charge is 2.40. The molecular weight excluding hydrogens is 531 g/mol. The molecule has 0 aromatic carbocycles. The van der Waals surface area contributed by atoms with Crippen molar-refractivity contribution in [3.05, 3.63) is 34.9 Å². The second kappa shape index (κ2) is 17.5. The molecule has 4 rings (SSSR count). The monoisotopic (exact) mass is 590 g/mol. The van der Waals surface area contributed by atoms with Crippen LogP contribution >= 0.6 is 23.2 Å². The SMILES string of the molecule is C.CC(C)[C@H](CN1CC[C@H](C2CC=C(Cl)CC2)C(C)(C)C1)NCC1=CC=CC(C2CCCC(Cl)C2)C1.O.O.O. The molecule has 1 heterocycles. The number of hydrogen-bond donors (Lipinski definition) is 1. The number of nitrogens with one attached hydrogen (secondary N) is 1. The van der Waals surface area contributed by atoms with Gasteiger partial charge in [-0.2, -0.15) is 0 Å². The van der Waals surface area contributed by atoms with Crippen LogP contribution in [0.5, 0.6) is 0 Å². The number of nitrogens with zero attached hydrogens (tertiary/aromatic N) is 1. The Bertz CT molecular complexity index is 798. The Labute approximate surface area is 249 Å². The molecule has 4 unspecified atom stereocenters. The molecule has 7 N–H and O–H groups in total. The Morgan fingerprint density at radius 1 is 1.08 bits per heavy atom. The Morgan fingerprint density at radius 2 is 1.82 bits per heavy atom. The Kier molecular flexibility index (Phi) is 17.4. The summed E-state index contributed by atoms with van der Waals surface area (Å²) in [5, 5.41) is 5.46. The zero-order chi connectivity index (χ0) is 25.0. The zero-order valence-corrected chi connectivity index (χ0v) is 25.8. The third-order valence-corrected chi connectivity index (χ3v) is 10.4. The molecule has 1 aliphatic heterocycles. The van der Waals surface area contributed by atoms with Crippen molar-refractivity contribution in [2.45, 2.75) is 104 Å². The van der Waals surface area contributed by atoms with Crippen molar-refractivity contribution in [3.8, 4) is 0 Å². The van der Waals surface area contributed by atoms with Crippen LogP contribution in [0.2, 0.25) is 0 Å². The van der Waals surface area contributed by atoms with Crippen LogP contribution in [0.25, 0.3) is 0 Å². The van der Waals surface area contributed by atoms with Gasteiger partial charge in [0.2, 0.25) is 0 Å². The molecule has 0 aromatic rings. The van der Waals surface area contributed by atoms with Gasteiger partial charge in [-0.25, -0.2) is 0 Å². The maximum absolute atomic E-state index is 6.51. The van der Waals surface area contributed by atoms with Gasteiger partial charge in [0.25, 0.3) is 0 Å². The molecule has 7 heteroatoms. The van der Waals surface area contributed by atoms with Gasteiger partial charge in [-0.15, -0.1) is 11.6 Å². The number of piperidine rings is 1. The summed E-state index contributed by atoms with van der Waals surface area (Å²) in [4.78, 5) is 2.75. The second-order valence-electron chi connectivity index (χ2n) is 13.1. The quantitative estimate of drug-likeness (QED) is 0.333. The fourth-order valence-electron chi connectivity index (χ4n) is 7.54. The predicted molar refractivity (Wildman–Crippen MR) is 171 cm³/mol. The second-order valence-corrected chi connectivity index (χ2v) is 14.2. The van der Waals surface area contributed by atoms with Gasteiger partial charge in [0.05, 0.1) is 0 Å². The van der Waals surface area contributed by atoms with Crippen molar-refractivity contribution in [1.29, 1.82) is 0 Å². The molecule has 5 nitrogen and oxygen atoms in total. The predicted octanol–water partition coefficient (Wildman–Crippen LogP) is 6.33. The van der Waals surface area contributed by atoms with E-state index in [1.54, 1.807) is 5.57 Å². The van der Waals surface area contributed by atoms with Crippen molar-refractivity contribution in [2.24, 2.45) is 35.0 Å². The largest absolute Gasteiger partial charge is 0.412 e. The van der Waals surface area contributed by atoms with E-state index in [0.29, 0.717) is 28.7 Å². The van der Waals surface area contributed by atoms with Gasteiger partial charge in [-0.3, -0.25) is 0 Å². The van der Waals surface area contributed by atoms with E-state index in [-0.39, 0.29) is 23.9 Å². The third-order valence-electron chi connectivity index (χ3n) is 9.65. The first-order chi connectivity index (χ1) is 16.7. The molecule has 6 atom stereocenters. The van der Waals surface area contributed by atoms with Crippen molar-refractivity contribution >= 4 is 23.2 Å². The molecule has 230 valence electrons. The minimum absolute atomic E-state index is 0. The lowest BCUT2D eigenvalue weighted by Crippen LogP contribution is -2.53. The molecule has 1 saturated carbocycles. The highest BCUT2D eigenvalue weighted by atomic mass is 35.5. The lowest BCUT2D eigenvalue weighted by atomic mass is 9.65. The molecule has 0 bridgehead atoms. The fourth-order valence-corrected chi connectivity index (χ4v) is 8.12. The summed E-state index contributed by atoms with van der Waals surface area (Å²) in [5.74, 6) is 3.71. The highest BCUT2D eigenvalue weighted by molar-refractivity contribution is 6.29. The van der Waals surface area contributed by atoms with E-state index in [1.165, 1.54) is 64.5 Å². The van der Waals surface area contributed by atoms with E-state index in [9.17, 15) is 0 Å². The molecule has 0 aromatic heterocycles. The fraction of sp³-hybridized carbons (Fsp3) is 0.812. The summed E-state index contributed by atoms with van der Waals surface area (Å²) in [7, 11) is 0. The molecule has 1 saturated heterocycles. The van der Waals surface area contributed by atoms with Crippen LogP contribution in [-0.2, 0) is 0 Å².